The second-order valence-electron chi connectivity index (χ2n) is 7.91. The number of alkyl halides is 3. The molecule has 1 amide bonds. The number of sulfonamides is 1. The van der Waals surface area contributed by atoms with Crippen LogP contribution in [0.15, 0.2) is 24.3 Å². The van der Waals surface area contributed by atoms with Crippen LogP contribution in [0.25, 0.3) is 0 Å². The number of benzene rings is 1. The van der Waals surface area contributed by atoms with Gasteiger partial charge in [0.1, 0.15) is 0 Å². The van der Waals surface area contributed by atoms with Crippen LogP contribution >= 0.6 is 0 Å². The normalized spacial score (nSPS) is 26.3. The maximum absolute atomic E-state index is 12.6. The van der Waals surface area contributed by atoms with E-state index >= 15 is 0 Å². The zero-order valence-corrected chi connectivity index (χ0v) is 17.2. The van der Waals surface area contributed by atoms with Crippen molar-refractivity contribution < 1.29 is 26.4 Å². The zero-order chi connectivity index (χ0) is 21.3. The van der Waals surface area contributed by atoms with E-state index in [1.165, 1.54) is 12.1 Å². The largest absolute Gasteiger partial charge is 0.416 e. The highest BCUT2D eigenvalue weighted by Crippen LogP contribution is 2.35. The predicted molar refractivity (Wildman–Crippen MR) is 102 cm³/mol. The van der Waals surface area contributed by atoms with Gasteiger partial charge < -0.3 is 5.32 Å². The predicted octanol–water partition coefficient (Wildman–Crippen LogP) is 4.02. The third-order valence-corrected chi connectivity index (χ3v) is 7.25. The van der Waals surface area contributed by atoms with Crippen molar-refractivity contribution in [1.29, 1.82) is 0 Å². The Kier molecular flexibility index (Phi) is 6.81. The Balaban J connectivity index is 2.02. The number of hydrogen-bond donors (Lipinski definition) is 2. The number of rotatable bonds is 5. The third-order valence-electron chi connectivity index (χ3n) is 5.38. The van der Waals surface area contributed by atoms with Gasteiger partial charge in [0.2, 0.25) is 15.9 Å². The fourth-order valence-corrected chi connectivity index (χ4v) is 4.47. The minimum absolute atomic E-state index is 0.0342. The quantitative estimate of drug-likeness (QED) is 0.755. The summed E-state index contributed by atoms with van der Waals surface area (Å²) in [5, 5.41) is 2.15. The SMILES string of the molecule is CC1CC(C(=O)Nc2ccc(C(F)(F)F)cc2)C(C)CC1NS(=O)(=O)C(C)C. The fraction of sp³-hybridized carbons (Fsp3) is 0.632. The number of hydrogen-bond acceptors (Lipinski definition) is 3. The molecule has 4 unspecified atom stereocenters. The van der Waals surface area contributed by atoms with Gasteiger partial charge in [0.05, 0.1) is 10.8 Å². The van der Waals surface area contributed by atoms with Crippen molar-refractivity contribution in [2.45, 2.75) is 58.0 Å². The molecular weight excluding hydrogens is 393 g/mol. The van der Waals surface area contributed by atoms with Crippen LogP contribution in [0, 0.1) is 17.8 Å². The molecule has 1 saturated carbocycles. The van der Waals surface area contributed by atoms with Gasteiger partial charge in [-0.3, -0.25) is 4.79 Å². The Labute approximate surface area is 164 Å². The highest BCUT2D eigenvalue weighted by Gasteiger charge is 2.38. The van der Waals surface area contributed by atoms with E-state index < -0.39 is 27.0 Å². The van der Waals surface area contributed by atoms with Gasteiger partial charge in [0.25, 0.3) is 0 Å². The van der Waals surface area contributed by atoms with Gasteiger partial charge >= 0.3 is 6.18 Å². The topological polar surface area (TPSA) is 75.3 Å². The lowest BCUT2D eigenvalue weighted by Crippen LogP contribution is -2.48. The van der Waals surface area contributed by atoms with E-state index in [-0.39, 0.29) is 29.7 Å². The molecule has 0 aromatic heterocycles. The van der Waals surface area contributed by atoms with Crippen LogP contribution in [0.3, 0.4) is 0 Å². The summed E-state index contributed by atoms with van der Waals surface area (Å²) in [5.41, 5.74) is -0.467. The summed E-state index contributed by atoms with van der Waals surface area (Å²) in [6.45, 7) is 7.01. The molecule has 28 heavy (non-hydrogen) atoms. The van der Waals surface area contributed by atoms with E-state index in [1.54, 1.807) is 13.8 Å². The van der Waals surface area contributed by atoms with Crippen LogP contribution in [-0.2, 0) is 21.0 Å². The molecule has 1 aliphatic rings. The molecule has 0 saturated heterocycles. The Morgan fingerprint density at radius 3 is 2.14 bits per heavy atom. The first-order valence-corrected chi connectivity index (χ1v) is 10.8. The van der Waals surface area contributed by atoms with Gasteiger partial charge in [0, 0.05) is 17.6 Å². The van der Waals surface area contributed by atoms with Crippen LogP contribution in [-0.4, -0.2) is 25.6 Å². The molecule has 0 bridgehead atoms. The monoisotopic (exact) mass is 420 g/mol. The van der Waals surface area contributed by atoms with Crippen molar-refractivity contribution in [2.75, 3.05) is 5.32 Å². The molecular formula is C19H27F3N2O3S. The average Bonchev–Trinajstić information content (AvgIpc) is 2.57. The average molecular weight is 420 g/mol. The molecule has 0 aliphatic heterocycles. The van der Waals surface area contributed by atoms with Crippen LogP contribution in [0.1, 0.15) is 46.1 Å². The van der Waals surface area contributed by atoms with Gasteiger partial charge in [-0.2, -0.15) is 13.2 Å². The number of anilines is 1. The van der Waals surface area contributed by atoms with Crippen molar-refractivity contribution in [3.05, 3.63) is 29.8 Å². The third kappa shape index (κ3) is 5.47. The van der Waals surface area contributed by atoms with Crippen molar-refractivity contribution in [1.82, 2.24) is 4.72 Å². The number of halogens is 3. The smallest absolute Gasteiger partial charge is 0.326 e. The number of nitrogens with one attached hydrogen (secondary N) is 2. The van der Waals surface area contributed by atoms with Crippen molar-refractivity contribution >= 4 is 21.6 Å². The Morgan fingerprint density at radius 1 is 1.07 bits per heavy atom. The number of carbonyl (C=O) groups is 1. The second-order valence-corrected chi connectivity index (χ2v) is 10.2. The minimum Gasteiger partial charge on any atom is -0.326 e. The van der Waals surface area contributed by atoms with Gasteiger partial charge in [-0.1, -0.05) is 13.8 Å². The van der Waals surface area contributed by atoms with Gasteiger partial charge in [-0.05, 0) is 62.8 Å². The molecule has 0 spiro atoms. The molecule has 158 valence electrons. The molecule has 1 fully saturated rings. The van der Waals surface area contributed by atoms with Crippen LogP contribution < -0.4 is 10.0 Å². The van der Waals surface area contributed by atoms with Crippen LogP contribution in [0.2, 0.25) is 0 Å². The lowest BCUT2D eigenvalue weighted by Gasteiger charge is -2.38. The fourth-order valence-electron chi connectivity index (χ4n) is 3.45. The molecule has 2 rings (SSSR count). The first kappa shape index (κ1) is 22.7. The molecule has 9 heteroatoms. The Morgan fingerprint density at radius 2 is 1.64 bits per heavy atom. The summed E-state index contributed by atoms with van der Waals surface area (Å²) in [4.78, 5) is 12.6. The van der Waals surface area contributed by atoms with Crippen LogP contribution in [0.5, 0.6) is 0 Å². The maximum atomic E-state index is 12.6. The molecule has 2 N–H and O–H groups in total. The number of carbonyl (C=O) groups excluding carboxylic acids is 1. The van der Waals surface area contributed by atoms with Crippen molar-refractivity contribution in [3.8, 4) is 0 Å². The molecule has 1 aliphatic carbocycles. The molecule has 4 atom stereocenters. The highest BCUT2D eigenvalue weighted by molar-refractivity contribution is 7.90. The molecule has 0 radical (unpaired) electrons. The van der Waals surface area contributed by atoms with E-state index in [1.807, 2.05) is 13.8 Å². The zero-order valence-electron chi connectivity index (χ0n) is 16.4. The van der Waals surface area contributed by atoms with Crippen molar-refractivity contribution in [2.24, 2.45) is 17.8 Å². The Bertz CT molecular complexity index is 792. The second kappa shape index (κ2) is 8.41. The van der Waals surface area contributed by atoms with E-state index in [0.717, 1.165) is 12.1 Å². The first-order valence-electron chi connectivity index (χ1n) is 9.30. The minimum atomic E-state index is -4.42. The van der Waals surface area contributed by atoms with Crippen LogP contribution in [0.4, 0.5) is 18.9 Å². The first-order chi connectivity index (χ1) is 12.8. The van der Waals surface area contributed by atoms with E-state index in [0.29, 0.717) is 18.5 Å². The van der Waals surface area contributed by atoms with E-state index in [9.17, 15) is 26.4 Å². The molecule has 5 nitrogen and oxygen atoms in total. The van der Waals surface area contributed by atoms with Gasteiger partial charge in [-0.25, -0.2) is 13.1 Å². The molecule has 1 aromatic rings. The number of amides is 1. The summed E-state index contributed by atoms with van der Waals surface area (Å²) in [5.74, 6) is -0.694. The molecule has 0 heterocycles. The van der Waals surface area contributed by atoms with E-state index in [2.05, 4.69) is 10.0 Å². The van der Waals surface area contributed by atoms with E-state index in [4.69, 9.17) is 0 Å². The van der Waals surface area contributed by atoms with Crippen molar-refractivity contribution in [3.63, 3.8) is 0 Å². The summed E-state index contributed by atoms with van der Waals surface area (Å²) in [6.07, 6.45) is -3.40. The maximum Gasteiger partial charge on any atom is 0.416 e. The Hall–Kier alpha value is -1.61. The standard InChI is InChI=1S/C19H27F3N2O3S/c1-11(2)28(26,27)24-17-10-12(3)16(9-13(17)4)18(25)23-15-7-5-14(6-8-15)19(20,21)22/h5-8,11-13,16-17,24H,9-10H2,1-4H3,(H,23,25). The van der Waals surface area contributed by atoms with Gasteiger partial charge in [-0.15, -0.1) is 0 Å². The summed E-state index contributed by atoms with van der Waals surface area (Å²) in [6, 6.07) is 4.09. The molecule has 1 aromatic carbocycles. The highest BCUT2D eigenvalue weighted by atomic mass is 32.2. The summed E-state index contributed by atoms with van der Waals surface area (Å²) in [7, 11) is -3.40. The van der Waals surface area contributed by atoms with Gasteiger partial charge in [0.15, 0.2) is 0 Å². The lowest BCUT2D eigenvalue weighted by molar-refractivity contribution is -0.137. The summed E-state index contributed by atoms with van der Waals surface area (Å²) >= 11 is 0. The lowest BCUT2D eigenvalue weighted by atomic mass is 9.72. The summed E-state index contributed by atoms with van der Waals surface area (Å²) < 4.78 is 64.9.